The van der Waals surface area contributed by atoms with E-state index in [1.165, 1.54) is 48.0 Å². The summed E-state index contributed by atoms with van der Waals surface area (Å²) in [6.07, 6.45) is 8.64. The van der Waals surface area contributed by atoms with Crippen LogP contribution in [0.5, 0.6) is 0 Å². The van der Waals surface area contributed by atoms with Gasteiger partial charge in [0.15, 0.2) is 0 Å². The standard InChI is InChI=1S/C29H30F2N4O.H2/c30-23-7-4-19(5-8-23)29(36)35(13-12-34-10-2-1-3-11-34)18-22-14-20(6-9-27(22)31)24-15-21-17-32-33-28(21)26-16-25(24)26;/h4-9,14-15,17,25-26H,1-3,10-13,16,18H2,(H,32,33);1H. The van der Waals surface area contributed by atoms with Crippen molar-refractivity contribution in [2.45, 2.75) is 38.1 Å². The summed E-state index contributed by atoms with van der Waals surface area (Å²) in [5, 5.41) is 7.31. The van der Waals surface area contributed by atoms with Gasteiger partial charge in [0.2, 0.25) is 0 Å². The van der Waals surface area contributed by atoms with E-state index in [1.54, 1.807) is 4.90 Å². The van der Waals surface area contributed by atoms with Gasteiger partial charge in [-0.2, -0.15) is 5.10 Å². The Labute approximate surface area is 211 Å². The van der Waals surface area contributed by atoms with Crippen LogP contribution in [0.2, 0.25) is 0 Å². The van der Waals surface area contributed by atoms with E-state index in [2.05, 4.69) is 21.2 Å². The fraction of sp³-hybridized carbons (Fsp3) is 0.379. The number of nitrogens with zero attached hydrogens (tertiary/aromatic N) is 3. The van der Waals surface area contributed by atoms with Crippen molar-refractivity contribution >= 4 is 17.6 Å². The number of allylic oxidation sites excluding steroid dienone is 1. The number of hydrogen-bond donors (Lipinski definition) is 1. The van der Waals surface area contributed by atoms with Crippen LogP contribution in [0.1, 0.15) is 65.8 Å². The van der Waals surface area contributed by atoms with Gasteiger partial charge in [0, 0.05) is 49.4 Å². The molecule has 1 saturated heterocycles. The minimum atomic E-state index is -0.384. The summed E-state index contributed by atoms with van der Waals surface area (Å²) >= 11 is 0. The lowest BCUT2D eigenvalue weighted by molar-refractivity contribution is 0.0713. The molecule has 2 atom stereocenters. The quantitative estimate of drug-likeness (QED) is 0.461. The van der Waals surface area contributed by atoms with E-state index in [1.807, 2.05) is 18.3 Å². The molecule has 36 heavy (non-hydrogen) atoms. The molecule has 3 aliphatic rings. The molecule has 0 bridgehead atoms. The van der Waals surface area contributed by atoms with Crippen molar-refractivity contribution in [1.29, 1.82) is 0 Å². The van der Waals surface area contributed by atoms with E-state index in [-0.39, 0.29) is 25.5 Å². The molecular weight excluding hydrogens is 458 g/mol. The highest BCUT2D eigenvalue weighted by atomic mass is 19.1. The lowest BCUT2D eigenvalue weighted by atomic mass is 9.91. The highest BCUT2D eigenvalue weighted by Gasteiger charge is 2.46. The Morgan fingerprint density at radius 2 is 1.89 bits per heavy atom. The van der Waals surface area contributed by atoms with E-state index in [0.717, 1.165) is 50.0 Å². The second-order valence-corrected chi connectivity index (χ2v) is 10.2. The van der Waals surface area contributed by atoms with E-state index < -0.39 is 0 Å². The summed E-state index contributed by atoms with van der Waals surface area (Å²) in [6.45, 7) is 3.45. The normalized spacial score (nSPS) is 20.9. The van der Waals surface area contributed by atoms with Gasteiger partial charge in [-0.15, -0.1) is 0 Å². The van der Waals surface area contributed by atoms with Gasteiger partial charge >= 0.3 is 0 Å². The first-order valence-electron chi connectivity index (χ1n) is 12.9. The summed E-state index contributed by atoms with van der Waals surface area (Å²) in [5.74, 6) is -0.0325. The number of aromatic nitrogens is 2. The summed E-state index contributed by atoms with van der Waals surface area (Å²) in [6, 6.07) is 10.8. The van der Waals surface area contributed by atoms with Crippen molar-refractivity contribution in [2.24, 2.45) is 5.92 Å². The molecule has 188 valence electrons. The zero-order valence-corrected chi connectivity index (χ0v) is 20.2. The average molecular weight is 491 g/mol. The predicted octanol–water partition coefficient (Wildman–Crippen LogP) is 5.72. The van der Waals surface area contributed by atoms with Crippen LogP contribution < -0.4 is 0 Å². The van der Waals surface area contributed by atoms with Crippen LogP contribution in [0.25, 0.3) is 11.6 Å². The number of benzene rings is 2. The maximum atomic E-state index is 15.1. The molecule has 2 fully saturated rings. The van der Waals surface area contributed by atoms with Crippen LogP contribution in [-0.2, 0) is 6.54 Å². The molecule has 2 heterocycles. The number of likely N-dealkylation sites (tertiary alicyclic amines) is 1. The first kappa shape index (κ1) is 23.1. The summed E-state index contributed by atoms with van der Waals surface area (Å²) in [4.78, 5) is 17.5. The van der Waals surface area contributed by atoms with E-state index in [0.29, 0.717) is 29.5 Å². The van der Waals surface area contributed by atoms with Crippen molar-refractivity contribution in [2.75, 3.05) is 26.2 Å². The molecule has 6 rings (SSSR count). The Hall–Kier alpha value is -3.32. The number of piperidine rings is 1. The van der Waals surface area contributed by atoms with E-state index in [9.17, 15) is 9.18 Å². The topological polar surface area (TPSA) is 52.2 Å². The molecule has 0 radical (unpaired) electrons. The first-order valence-corrected chi connectivity index (χ1v) is 12.9. The van der Waals surface area contributed by atoms with Gasteiger partial charge in [-0.1, -0.05) is 12.5 Å². The molecule has 3 aromatic rings. The van der Waals surface area contributed by atoms with Crippen molar-refractivity contribution in [3.8, 4) is 0 Å². The van der Waals surface area contributed by atoms with Gasteiger partial charge < -0.3 is 9.80 Å². The molecule has 1 aliphatic heterocycles. The number of H-pyrrole nitrogens is 1. The Morgan fingerprint density at radius 1 is 1.08 bits per heavy atom. The number of amides is 1. The van der Waals surface area contributed by atoms with Crippen molar-refractivity contribution < 1.29 is 15.0 Å². The van der Waals surface area contributed by atoms with E-state index in [4.69, 9.17) is 0 Å². The minimum Gasteiger partial charge on any atom is -0.333 e. The van der Waals surface area contributed by atoms with Gasteiger partial charge in [0.1, 0.15) is 11.6 Å². The summed E-state index contributed by atoms with van der Waals surface area (Å²) in [5.41, 5.74) is 5.41. The average Bonchev–Trinajstić information content (AvgIpc) is 3.57. The molecule has 1 amide bonds. The van der Waals surface area contributed by atoms with Crippen molar-refractivity contribution in [1.82, 2.24) is 20.0 Å². The number of carbonyl (C=O) groups excluding carboxylic acids is 1. The Kier molecular flexibility index (Phi) is 6.17. The summed E-state index contributed by atoms with van der Waals surface area (Å²) in [7, 11) is 0. The van der Waals surface area contributed by atoms with Crippen molar-refractivity contribution in [3.05, 3.63) is 88.2 Å². The highest BCUT2D eigenvalue weighted by molar-refractivity contribution is 5.94. The second-order valence-electron chi connectivity index (χ2n) is 10.2. The zero-order chi connectivity index (χ0) is 24.6. The SMILES string of the molecule is O=C(c1ccc(F)cc1)N(CCN1CCCCC1)Cc1cc(C2=Cc3cn[nH]c3C3CC23)ccc1F.[HH]. The van der Waals surface area contributed by atoms with Crippen LogP contribution in [-0.4, -0.2) is 52.1 Å². The van der Waals surface area contributed by atoms with Crippen LogP contribution in [0.3, 0.4) is 0 Å². The number of carbonyl (C=O) groups is 1. The van der Waals surface area contributed by atoms with Crippen LogP contribution in [0.15, 0.2) is 48.7 Å². The maximum absolute atomic E-state index is 15.1. The molecule has 1 saturated carbocycles. The largest absolute Gasteiger partial charge is 0.333 e. The number of halogens is 2. The van der Waals surface area contributed by atoms with Crippen LogP contribution in [0, 0.1) is 17.6 Å². The summed E-state index contributed by atoms with van der Waals surface area (Å²) < 4.78 is 28.6. The molecule has 2 aromatic carbocycles. The predicted molar refractivity (Wildman–Crippen MR) is 137 cm³/mol. The number of nitrogens with one attached hydrogen (secondary N) is 1. The zero-order valence-electron chi connectivity index (χ0n) is 20.2. The molecule has 5 nitrogen and oxygen atoms in total. The van der Waals surface area contributed by atoms with Gasteiger partial charge in [-0.3, -0.25) is 9.89 Å². The Bertz CT molecular complexity index is 1300. The highest BCUT2D eigenvalue weighted by Crippen LogP contribution is 2.58. The van der Waals surface area contributed by atoms with Gasteiger partial charge in [0.25, 0.3) is 5.91 Å². The fourth-order valence-electron chi connectivity index (χ4n) is 5.70. The number of fused-ring (bicyclic) bond motifs is 3. The van der Waals surface area contributed by atoms with Gasteiger partial charge in [-0.05, 0) is 91.9 Å². The third-order valence-corrected chi connectivity index (χ3v) is 7.82. The molecule has 2 unspecified atom stereocenters. The van der Waals surface area contributed by atoms with Crippen LogP contribution >= 0.6 is 0 Å². The minimum absolute atomic E-state index is 0. The third-order valence-electron chi connectivity index (χ3n) is 7.82. The monoisotopic (exact) mass is 490 g/mol. The Balaban J connectivity index is 0.00000280. The molecule has 1 N–H and O–H groups in total. The lowest BCUT2D eigenvalue weighted by Gasteiger charge is -2.30. The molecule has 2 aliphatic carbocycles. The van der Waals surface area contributed by atoms with Gasteiger partial charge in [-0.25, -0.2) is 8.78 Å². The molecule has 7 heteroatoms. The number of hydrogen-bond acceptors (Lipinski definition) is 3. The third kappa shape index (κ3) is 4.60. The maximum Gasteiger partial charge on any atom is 0.254 e. The van der Waals surface area contributed by atoms with Crippen LogP contribution in [0.4, 0.5) is 8.78 Å². The number of aromatic amines is 1. The number of rotatable bonds is 7. The smallest absolute Gasteiger partial charge is 0.254 e. The van der Waals surface area contributed by atoms with Crippen molar-refractivity contribution in [3.63, 3.8) is 0 Å². The fourth-order valence-corrected chi connectivity index (χ4v) is 5.70. The lowest BCUT2D eigenvalue weighted by Crippen LogP contribution is -2.40. The molecule has 1 aromatic heterocycles. The molecule has 0 spiro atoms. The first-order chi connectivity index (χ1) is 17.6. The Morgan fingerprint density at radius 3 is 2.69 bits per heavy atom. The van der Waals surface area contributed by atoms with E-state index >= 15 is 4.39 Å². The second kappa shape index (κ2) is 9.62. The van der Waals surface area contributed by atoms with Gasteiger partial charge in [0.05, 0.1) is 6.20 Å². The molecular formula is C29H32F2N4O.